The van der Waals surface area contributed by atoms with E-state index in [1.54, 1.807) is 15.9 Å². The number of piperazine rings is 1. The molecule has 0 aliphatic carbocycles. The Morgan fingerprint density at radius 2 is 1.64 bits per heavy atom. The summed E-state index contributed by atoms with van der Waals surface area (Å²) in [5.41, 5.74) is 3.31. The highest BCUT2D eigenvalue weighted by Gasteiger charge is 2.38. The van der Waals surface area contributed by atoms with E-state index < -0.39 is 0 Å². The zero-order valence-electron chi connectivity index (χ0n) is 19.8. The van der Waals surface area contributed by atoms with Gasteiger partial charge in [0.15, 0.2) is 17.0 Å². The van der Waals surface area contributed by atoms with Gasteiger partial charge in [0.2, 0.25) is 11.8 Å². The van der Waals surface area contributed by atoms with Crippen molar-refractivity contribution >= 4 is 34.5 Å². The molecule has 2 aliphatic rings. The Hall–Kier alpha value is -4.34. The van der Waals surface area contributed by atoms with Gasteiger partial charge in [-0.25, -0.2) is 14.6 Å². The highest BCUT2D eigenvalue weighted by Crippen LogP contribution is 2.27. The molecule has 36 heavy (non-hydrogen) atoms. The average Bonchev–Trinajstić information content (AvgIpc) is 3.53. The van der Waals surface area contributed by atoms with Crippen LogP contribution in [0.5, 0.6) is 0 Å². The lowest BCUT2D eigenvalue weighted by molar-refractivity contribution is -0.136. The Bertz CT molecular complexity index is 1380. The zero-order valence-corrected chi connectivity index (χ0v) is 19.8. The van der Waals surface area contributed by atoms with E-state index in [-0.39, 0.29) is 24.2 Å². The number of carbonyl (C=O) groups excluding carboxylic acids is 2. The van der Waals surface area contributed by atoms with Crippen molar-refractivity contribution in [3.63, 3.8) is 0 Å². The lowest BCUT2D eigenvalue weighted by atomic mass is 10.1. The molecule has 10 heteroatoms. The lowest BCUT2D eigenvalue weighted by Gasteiger charge is -2.36. The van der Waals surface area contributed by atoms with Crippen molar-refractivity contribution in [1.29, 1.82) is 0 Å². The van der Waals surface area contributed by atoms with E-state index in [1.165, 1.54) is 0 Å². The summed E-state index contributed by atoms with van der Waals surface area (Å²) in [4.78, 5) is 40.4. The Morgan fingerprint density at radius 1 is 0.917 bits per heavy atom. The molecule has 1 unspecified atom stereocenters. The number of benzene rings is 2. The number of para-hydroxylation sites is 1. The van der Waals surface area contributed by atoms with Gasteiger partial charge in [-0.2, -0.15) is 0 Å². The number of carbonyl (C=O) groups is 2. The molecule has 2 aromatic carbocycles. The molecule has 2 aromatic heterocycles. The molecule has 2 aliphatic heterocycles. The third kappa shape index (κ3) is 4.15. The van der Waals surface area contributed by atoms with Gasteiger partial charge in [0, 0.05) is 44.8 Å². The molecule has 0 saturated carbocycles. The number of aromatic nitrogens is 5. The average molecular weight is 483 g/mol. The molecule has 0 spiro atoms. The van der Waals surface area contributed by atoms with Crippen LogP contribution in [0.4, 0.5) is 11.5 Å². The predicted octanol–water partition coefficient (Wildman–Crippen LogP) is 1.97. The van der Waals surface area contributed by atoms with Gasteiger partial charge in [0.05, 0.1) is 12.5 Å². The van der Waals surface area contributed by atoms with E-state index in [0.29, 0.717) is 50.4 Å². The van der Waals surface area contributed by atoms with Crippen LogP contribution in [0.1, 0.15) is 12.0 Å². The summed E-state index contributed by atoms with van der Waals surface area (Å²) in [6.45, 7) is 3.41. The van der Waals surface area contributed by atoms with Gasteiger partial charge in [0.25, 0.3) is 0 Å². The number of amides is 2. The first-order chi connectivity index (χ1) is 17.7. The Morgan fingerprint density at radius 3 is 2.39 bits per heavy atom. The van der Waals surface area contributed by atoms with E-state index in [0.717, 1.165) is 17.1 Å². The van der Waals surface area contributed by atoms with Crippen LogP contribution < -0.4 is 9.80 Å². The Balaban J connectivity index is 1.12. The van der Waals surface area contributed by atoms with Crippen LogP contribution in [-0.2, 0) is 16.1 Å². The van der Waals surface area contributed by atoms with E-state index in [9.17, 15) is 9.59 Å². The van der Waals surface area contributed by atoms with Gasteiger partial charge in [-0.15, -0.1) is 5.10 Å². The fourth-order valence-corrected chi connectivity index (χ4v) is 5.00. The molecular formula is C26H26N8O2. The van der Waals surface area contributed by atoms with Crippen molar-refractivity contribution in [3.05, 3.63) is 72.6 Å². The third-order valence-electron chi connectivity index (χ3n) is 6.89. The minimum Gasteiger partial charge on any atom is -0.351 e. The molecule has 10 nitrogen and oxygen atoms in total. The van der Waals surface area contributed by atoms with Gasteiger partial charge in [-0.05, 0) is 17.7 Å². The first-order valence-electron chi connectivity index (χ1n) is 12.1. The lowest BCUT2D eigenvalue weighted by Crippen LogP contribution is -2.51. The van der Waals surface area contributed by atoms with E-state index in [2.05, 4.69) is 25.2 Å². The quantitative estimate of drug-likeness (QED) is 0.429. The van der Waals surface area contributed by atoms with Crippen LogP contribution in [0.25, 0.3) is 11.2 Å². The zero-order chi connectivity index (χ0) is 24.5. The molecule has 0 radical (unpaired) electrons. The number of rotatable bonds is 5. The molecule has 0 N–H and O–H groups in total. The van der Waals surface area contributed by atoms with Crippen LogP contribution in [0.15, 0.2) is 67.0 Å². The molecule has 1 atom stereocenters. The molecular weight excluding hydrogens is 456 g/mol. The second kappa shape index (κ2) is 9.37. The first kappa shape index (κ1) is 22.1. The molecule has 182 valence electrons. The maximum Gasteiger partial charge on any atom is 0.228 e. The number of nitrogens with zero attached hydrogens (tertiary/aromatic N) is 8. The van der Waals surface area contributed by atoms with Crippen molar-refractivity contribution in [2.75, 3.05) is 42.5 Å². The predicted molar refractivity (Wildman–Crippen MR) is 134 cm³/mol. The highest BCUT2D eigenvalue weighted by molar-refractivity contribution is 6.00. The monoisotopic (exact) mass is 482 g/mol. The smallest absolute Gasteiger partial charge is 0.228 e. The van der Waals surface area contributed by atoms with Crippen molar-refractivity contribution in [2.24, 2.45) is 5.92 Å². The SMILES string of the molecule is O=C(C1CC(=O)N(c2ccccc2)C1)N1CCN(c2ncnc3c2nnn3Cc2ccccc2)CC1. The summed E-state index contributed by atoms with van der Waals surface area (Å²) in [5.74, 6) is 0.467. The van der Waals surface area contributed by atoms with Crippen molar-refractivity contribution in [3.8, 4) is 0 Å². The van der Waals surface area contributed by atoms with Crippen LogP contribution in [0, 0.1) is 5.92 Å². The van der Waals surface area contributed by atoms with Crippen LogP contribution in [0.3, 0.4) is 0 Å². The maximum atomic E-state index is 13.2. The van der Waals surface area contributed by atoms with Crippen LogP contribution >= 0.6 is 0 Å². The summed E-state index contributed by atoms with van der Waals surface area (Å²) in [6.07, 6.45) is 1.80. The van der Waals surface area contributed by atoms with Gasteiger partial charge in [-0.3, -0.25) is 9.59 Å². The Labute approximate surface area is 208 Å². The number of hydrogen-bond acceptors (Lipinski definition) is 7. The maximum absolute atomic E-state index is 13.2. The van der Waals surface area contributed by atoms with E-state index in [1.807, 2.05) is 65.6 Å². The van der Waals surface area contributed by atoms with Gasteiger partial charge >= 0.3 is 0 Å². The van der Waals surface area contributed by atoms with E-state index in [4.69, 9.17) is 0 Å². The van der Waals surface area contributed by atoms with Gasteiger partial charge in [0.1, 0.15) is 6.33 Å². The fraction of sp³-hybridized carbons (Fsp3) is 0.308. The molecule has 4 aromatic rings. The van der Waals surface area contributed by atoms with Crippen molar-refractivity contribution < 1.29 is 9.59 Å². The standard InChI is InChI=1S/C26H26N8O2/c35-22-15-20(17-33(22)21-9-5-2-6-10-21)26(36)32-13-11-31(12-14-32)24-23-25(28-18-27-24)34(30-29-23)16-19-7-3-1-4-8-19/h1-10,18,20H,11-17H2. The van der Waals surface area contributed by atoms with Gasteiger partial charge < -0.3 is 14.7 Å². The first-order valence-corrected chi connectivity index (χ1v) is 12.1. The topological polar surface area (TPSA) is 100 Å². The molecule has 2 saturated heterocycles. The molecule has 6 rings (SSSR count). The number of anilines is 2. The van der Waals surface area contributed by atoms with Crippen molar-refractivity contribution in [2.45, 2.75) is 13.0 Å². The Kier molecular flexibility index (Phi) is 5.76. The molecule has 0 bridgehead atoms. The normalized spacial score (nSPS) is 18.3. The summed E-state index contributed by atoms with van der Waals surface area (Å²) in [5, 5.41) is 8.69. The second-order valence-corrected chi connectivity index (χ2v) is 9.16. The van der Waals surface area contributed by atoms with Crippen LogP contribution in [-0.4, -0.2) is 74.4 Å². The van der Waals surface area contributed by atoms with Crippen molar-refractivity contribution in [1.82, 2.24) is 29.9 Å². The minimum atomic E-state index is -0.312. The molecule has 2 amide bonds. The second-order valence-electron chi connectivity index (χ2n) is 9.16. The fourth-order valence-electron chi connectivity index (χ4n) is 5.00. The third-order valence-corrected chi connectivity index (χ3v) is 6.89. The largest absolute Gasteiger partial charge is 0.351 e. The summed E-state index contributed by atoms with van der Waals surface area (Å²) < 4.78 is 1.78. The summed E-state index contributed by atoms with van der Waals surface area (Å²) >= 11 is 0. The molecule has 2 fully saturated rings. The highest BCUT2D eigenvalue weighted by atomic mass is 16.2. The minimum absolute atomic E-state index is 0.000141. The summed E-state index contributed by atoms with van der Waals surface area (Å²) in [6, 6.07) is 19.6. The van der Waals surface area contributed by atoms with Gasteiger partial charge in [-0.1, -0.05) is 53.7 Å². The number of fused-ring (bicyclic) bond motifs is 1. The van der Waals surface area contributed by atoms with Crippen LogP contribution in [0.2, 0.25) is 0 Å². The molecule has 4 heterocycles. The van der Waals surface area contributed by atoms with E-state index >= 15 is 0 Å². The summed E-state index contributed by atoms with van der Waals surface area (Å²) in [7, 11) is 0. The number of hydrogen-bond donors (Lipinski definition) is 0.